The summed E-state index contributed by atoms with van der Waals surface area (Å²) >= 11 is 5.98. The van der Waals surface area contributed by atoms with E-state index < -0.39 is 10.0 Å². The molecule has 0 atom stereocenters. The van der Waals surface area contributed by atoms with E-state index in [-0.39, 0.29) is 60.3 Å². The van der Waals surface area contributed by atoms with Gasteiger partial charge in [-0.2, -0.15) is 4.31 Å². The second-order valence-electron chi connectivity index (χ2n) is 11.8. The van der Waals surface area contributed by atoms with Crippen molar-refractivity contribution in [3.63, 3.8) is 0 Å². The van der Waals surface area contributed by atoms with E-state index in [1.54, 1.807) is 17.0 Å². The minimum Gasteiger partial charge on any atom is -0.335 e. The number of halogens is 2. The molecule has 2 fully saturated rings. The second-order valence-corrected chi connectivity index (χ2v) is 14.2. The molecule has 0 radical (unpaired) electrons. The molecule has 2 aromatic carbocycles. The number of carbonyl (C=O) groups is 2. The fourth-order valence-corrected chi connectivity index (χ4v) is 7.43. The maximum atomic E-state index is 13.9. The molecule has 2 aliphatic rings. The van der Waals surface area contributed by atoms with Crippen molar-refractivity contribution in [3.8, 4) is 0 Å². The molecule has 230 valence electrons. The van der Waals surface area contributed by atoms with E-state index in [9.17, 15) is 22.4 Å². The van der Waals surface area contributed by atoms with Crippen LogP contribution in [-0.2, 0) is 21.4 Å². The zero-order valence-corrected chi connectivity index (χ0v) is 26.0. The Hall–Kier alpha value is -2.69. The number of sulfonamides is 1. The number of benzene rings is 2. The van der Waals surface area contributed by atoms with Crippen molar-refractivity contribution in [2.24, 2.45) is 5.92 Å². The number of likely N-dealkylation sites (tertiary alicyclic amines) is 1. The first-order chi connectivity index (χ1) is 20.0. The molecular formula is C31H42ClFN4O4S. The van der Waals surface area contributed by atoms with Gasteiger partial charge in [0.1, 0.15) is 5.82 Å². The van der Waals surface area contributed by atoms with Crippen LogP contribution >= 0.6 is 11.6 Å². The zero-order valence-electron chi connectivity index (χ0n) is 24.5. The van der Waals surface area contributed by atoms with E-state index in [0.29, 0.717) is 31.0 Å². The normalized spacial score (nSPS) is 17.0. The van der Waals surface area contributed by atoms with E-state index in [4.69, 9.17) is 11.6 Å². The first-order valence-corrected chi connectivity index (χ1v) is 16.7. The van der Waals surface area contributed by atoms with Gasteiger partial charge in [-0.25, -0.2) is 17.6 Å². The summed E-state index contributed by atoms with van der Waals surface area (Å²) in [4.78, 5) is 30.5. The van der Waals surface area contributed by atoms with Gasteiger partial charge in [-0.1, -0.05) is 56.8 Å². The Morgan fingerprint density at radius 1 is 0.976 bits per heavy atom. The molecule has 1 aliphatic heterocycles. The summed E-state index contributed by atoms with van der Waals surface area (Å²) in [7, 11) is -3.97. The number of piperidine rings is 1. The van der Waals surface area contributed by atoms with Crippen LogP contribution in [-0.4, -0.2) is 72.7 Å². The molecule has 4 rings (SSSR count). The van der Waals surface area contributed by atoms with E-state index in [2.05, 4.69) is 5.32 Å². The topological polar surface area (TPSA) is 90.0 Å². The summed E-state index contributed by atoms with van der Waals surface area (Å²) in [6.45, 7) is 4.85. The average molecular weight is 621 g/mol. The van der Waals surface area contributed by atoms with Crippen LogP contribution in [0.2, 0.25) is 5.02 Å². The summed E-state index contributed by atoms with van der Waals surface area (Å²) < 4.78 is 42.1. The van der Waals surface area contributed by atoms with Crippen LogP contribution in [0.5, 0.6) is 0 Å². The van der Waals surface area contributed by atoms with Gasteiger partial charge in [-0.3, -0.25) is 4.79 Å². The summed E-state index contributed by atoms with van der Waals surface area (Å²) in [5, 5.41) is 3.59. The number of nitrogens with zero attached hydrogens (tertiary/aromatic N) is 3. The van der Waals surface area contributed by atoms with Gasteiger partial charge in [-0.05, 0) is 73.6 Å². The predicted molar refractivity (Wildman–Crippen MR) is 162 cm³/mol. The van der Waals surface area contributed by atoms with Crippen LogP contribution in [0, 0.1) is 11.7 Å². The van der Waals surface area contributed by atoms with Crippen molar-refractivity contribution in [2.75, 3.05) is 26.2 Å². The van der Waals surface area contributed by atoms with E-state index in [1.807, 2.05) is 18.7 Å². The summed E-state index contributed by atoms with van der Waals surface area (Å²) in [6.07, 6.45) is 6.63. The maximum absolute atomic E-state index is 13.9. The van der Waals surface area contributed by atoms with Gasteiger partial charge in [-0.15, -0.1) is 0 Å². The van der Waals surface area contributed by atoms with Gasteiger partial charge in [0.25, 0.3) is 0 Å². The molecule has 0 unspecified atom stereocenters. The van der Waals surface area contributed by atoms with Crippen molar-refractivity contribution in [1.82, 2.24) is 19.4 Å². The highest BCUT2D eigenvalue weighted by Crippen LogP contribution is 2.24. The number of hydrogen-bond acceptors (Lipinski definition) is 4. The average Bonchev–Trinajstić information content (AvgIpc) is 2.97. The minimum absolute atomic E-state index is 0.0173. The fraction of sp³-hybridized carbons (Fsp3) is 0.548. The SMILES string of the molecule is CC(C)CN(CC(=O)N(Cc1ccc(F)cc1)C1CCN(C(=O)NC2CCCCC2)CC1)S(=O)(=O)c1ccc(Cl)cc1. The van der Waals surface area contributed by atoms with Gasteiger partial charge < -0.3 is 15.1 Å². The van der Waals surface area contributed by atoms with Gasteiger partial charge in [0, 0.05) is 43.3 Å². The molecular weight excluding hydrogens is 579 g/mol. The van der Waals surface area contributed by atoms with Gasteiger partial charge >= 0.3 is 6.03 Å². The number of carbonyl (C=O) groups excluding carboxylic acids is 2. The van der Waals surface area contributed by atoms with Crippen molar-refractivity contribution < 1.29 is 22.4 Å². The standard InChI is InChI=1S/C31H42ClFN4O4S/c1-23(2)20-36(42(40,41)29-14-10-25(32)11-15-29)22-30(38)37(21-24-8-12-26(33)13-9-24)28-16-18-35(19-17-28)31(39)34-27-6-4-3-5-7-27/h8-15,23,27-28H,3-7,16-22H2,1-2H3,(H,34,39). The van der Waals surface area contributed by atoms with Gasteiger partial charge in [0.2, 0.25) is 15.9 Å². The monoisotopic (exact) mass is 620 g/mol. The Kier molecular flexibility index (Phi) is 11.3. The molecule has 1 N–H and O–H groups in total. The molecule has 1 aliphatic carbocycles. The molecule has 3 amide bonds. The lowest BCUT2D eigenvalue weighted by molar-refractivity contribution is -0.135. The van der Waals surface area contributed by atoms with Crippen molar-refractivity contribution in [3.05, 3.63) is 64.9 Å². The Bertz CT molecular complexity index is 1290. The molecule has 0 spiro atoms. The number of rotatable bonds is 10. The van der Waals surface area contributed by atoms with Crippen molar-refractivity contribution in [1.29, 1.82) is 0 Å². The Morgan fingerprint density at radius 3 is 2.19 bits per heavy atom. The van der Waals surface area contributed by atoms with E-state index in [0.717, 1.165) is 31.2 Å². The molecule has 1 saturated carbocycles. The number of amides is 3. The summed E-state index contributed by atoms with van der Waals surface area (Å²) in [6, 6.07) is 11.9. The van der Waals surface area contributed by atoms with E-state index >= 15 is 0 Å². The molecule has 42 heavy (non-hydrogen) atoms. The highest BCUT2D eigenvalue weighted by atomic mass is 35.5. The van der Waals surface area contributed by atoms with Crippen molar-refractivity contribution >= 4 is 33.6 Å². The van der Waals surface area contributed by atoms with Crippen LogP contribution in [0.1, 0.15) is 64.4 Å². The molecule has 11 heteroatoms. The van der Waals surface area contributed by atoms with E-state index in [1.165, 1.54) is 47.1 Å². The number of hydrogen-bond donors (Lipinski definition) is 1. The highest BCUT2D eigenvalue weighted by Gasteiger charge is 2.34. The van der Waals surface area contributed by atoms with Crippen molar-refractivity contribution in [2.45, 2.75) is 82.3 Å². The number of nitrogens with one attached hydrogen (secondary N) is 1. The largest absolute Gasteiger partial charge is 0.335 e. The number of urea groups is 1. The quantitative estimate of drug-likeness (QED) is 0.371. The first-order valence-electron chi connectivity index (χ1n) is 14.9. The maximum Gasteiger partial charge on any atom is 0.317 e. The first kappa shape index (κ1) is 32.2. The second kappa shape index (κ2) is 14.7. The summed E-state index contributed by atoms with van der Waals surface area (Å²) in [5.74, 6) is -0.718. The fourth-order valence-electron chi connectivity index (χ4n) is 5.75. The highest BCUT2D eigenvalue weighted by molar-refractivity contribution is 7.89. The van der Waals surface area contributed by atoms with Crippen LogP contribution in [0.25, 0.3) is 0 Å². The minimum atomic E-state index is -3.97. The molecule has 1 heterocycles. The molecule has 8 nitrogen and oxygen atoms in total. The predicted octanol–water partition coefficient (Wildman–Crippen LogP) is 5.66. The van der Waals surface area contributed by atoms with Crippen LogP contribution < -0.4 is 5.32 Å². The van der Waals surface area contributed by atoms with Crippen LogP contribution in [0.3, 0.4) is 0 Å². The lowest BCUT2D eigenvalue weighted by Crippen LogP contribution is -2.53. The van der Waals surface area contributed by atoms with Crippen LogP contribution in [0.15, 0.2) is 53.4 Å². The summed E-state index contributed by atoms with van der Waals surface area (Å²) in [5.41, 5.74) is 0.748. The third-order valence-electron chi connectivity index (χ3n) is 8.04. The van der Waals surface area contributed by atoms with Crippen LogP contribution in [0.4, 0.5) is 9.18 Å². The van der Waals surface area contributed by atoms with Gasteiger partial charge in [0.15, 0.2) is 0 Å². The third kappa shape index (κ3) is 8.67. The molecule has 0 aromatic heterocycles. The smallest absolute Gasteiger partial charge is 0.317 e. The Balaban J connectivity index is 1.50. The molecule has 0 bridgehead atoms. The zero-order chi connectivity index (χ0) is 30.3. The molecule has 1 saturated heterocycles. The Labute approximate surface area is 254 Å². The Morgan fingerprint density at radius 2 is 1.60 bits per heavy atom. The third-order valence-corrected chi connectivity index (χ3v) is 10.1. The lowest BCUT2D eigenvalue weighted by Gasteiger charge is -2.40. The molecule has 2 aromatic rings. The van der Waals surface area contributed by atoms with Gasteiger partial charge in [0.05, 0.1) is 11.4 Å². The lowest BCUT2D eigenvalue weighted by atomic mass is 9.95.